The molecule has 19 heavy (non-hydrogen) atoms. The summed E-state index contributed by atoms with van der Waals surface area (Å²) in [6, 6.07) is 6.98. The molecule has 1 aromatic carbocycles. The van der Waals surface area contributed by atoms with Gasteiger partial charge in [0.15, 0.2) is 5.69 Å². The number of hydrogen-bond donors (Lipinski definition) is 1. The lowest BCUT2D eigenvalue weighted by atomic mass is 10.3. The number of nitrogen functional groups attached to an aromatic ring is 1. The molecular weight excluding hydrogens is 266 g/mol. The number of ether oxygens (including phenoxy) is 2. The summed E-state index contributed by atoms with van der Waals surface area (Å²) in [4.78, 5) is 7.96. The summed E-state index contributed by atoms with van der Waals surface area (Å²) in [5, 5.41) is 0.576. The second-order valence-electron chi connectivity index (χ2n) is 3.81. The molecule has 2 N–H and O–H groups in total. The van der Waals surface area contributed by atoms with Crippen LogP contribution in [0, 0.1) is 0 Å². The summed E-state index contributed by atoms with van der Waals surface area (Å²) < 4.78 is 11.0. The van der Waals surface area contributed by atoms with Gasteiger partial charge < -0.3 is 15.2 Å². The van der Waals surface area contributed by atoms with Gasteiger partial charge in [0, 0.05) is 5.02 Å². The molecule has 0 aliphatic carbocycles. The first-order chi connectivity index (χ1) is 9.20. The number of nitrogens with two attached hydrogens (primary N) is 1. The molecule has 2 rings (SSSR count). The predicted octanol–water partition coefficient (Wildman–Crippen LogP) is 3.29. The Labute approximate surface area is 116 Å². The van der Waals surface area contributed by atoms with Crippen LogP contribution in [0.1, 0.15) is 13.3 Å². The normalized spacial score (nSPS) is 10.2. The standard InChI is InChI=1S/C13H14ClN3O2/c1-2-6-18-12-11(15)13(17-8-16-12)19-10-5-3-4-9(14)7-10/h3-5,7-8H,2,6,15H2,1H3. The van der Waals surface area contributed by atoms with Gasteiger partial charge in [-0.1, -0.05) is 24.6 Å². The molecule has 0 amide bonds. The van der Waals surface area contributed by atoms with E-state index in [-0.39, 0.29) is 11.6 Å². The molecule has 5 nitrogen and oxygen atoms in total. The quantitative estimate of drug-likeness (QED) is 0.909. The highest BCUT2D eigenvalue weighted by Gasteiger charge is 2.11. The second kappa shape index (κ2) is 6.24. The van der Waals surface area contributed by atoms with Crippen LogP contribution in [0.4, 0.5) is 5.69 Å². The molecule has 100 valence electrons. The lowest BCUT2D eigenvalue weighted by Crippen LogP contribution is -2.04. The van der Waals surface area contributed by atoms with Crippen LogP contribution in [0.15, 0.2) is 30.6 Å². The van der Waals surface area contributed by atoms with Crippen LogP contribution < -0.4 is 15.2 Å². The number of benzene rings is 1. The summed E-state index contributed by atoms with van der Waals surface area (Å²) in [6.07, 6.45) is 2.22. The molecule has 6 heteroatoms. The maximum atomic E-state index is 5.90. The van der Waals surface area contributed by atoms with Gasteiger partial charge in [0.05, 0.1) is 6.61 Å². The third-order valence-electron chi connectivity index (χ3n) is 2.26. The summed E-state index contributed by atoms with van der Waals surface area (Å²) in [5.74, 6) is 1.14. The van der Waals surface area contributed by atoms with Crippen LogP contribution in [0.2, 0.25) is 5.02 Å². The minimum absolute atomic E-state index is 0.253. The fraction of sp³-hybridized carbons (Fsp3) is 0.231. The van der Waals surface area contributed by atoms with E-state index in [2.05, 4.69) is 9.97 Å². The number of aromatic nitrogens is 2. The van der Waals surface area contributed by atoms with E-state index in [9.17, 15) is 0 Å². The SMILES string of the molecule is CCCOc1ncnc(Oc2cccc(Cl)c2)c1N. The Kier molecular flexibility index (Phi) is 4.41. The summed E-state index contributed by atoms with van der Waals surface area (Å²) >= 11 is 5.88. The van der Waals surface area contributed by atoms with Gasteiger partial charge in [0.1, 0.15) is 12.1 Å². The highest BCUT2D eigenvalue weighted by molar-refractivity contribution is 6.30. The van der Waals surface area contributed by atoms with Gasteiger partial charge in [0.25, 0.3) is 0 Å². The Morgan fingerprint density at radius 2 is 2.05 bits per heavy atom. The van der Waals surface area contributed by atoms with Crippen molar-refractivity contribution in [2.75, 3.05) is 12.3 Å². The van der Waals surface area contributed by atoms with E-state index in [1.54, 1.807) is 24.3 Å². The van der Waals surface area contributed by atoms with Crippen molar-refractivity contribution >= 4 is 17.3 Å². The Morgan fingerprint density at radius 1 is 1.26 bits per heavy atom. The van der Waals surface area contributed by atoms with E-state index in [1.807, 2.05) is 6.92 Å². The first kappa shape index (κ1) is 13.4. The number of anilines is 1. The van der Waals surface area contributed by atoms with Gasteiger partial charge in [-0.25, -0.2) is 0 Å². The van der Waals surface area contributed by atoms with Crippen LogP contribution >= 0.6 is 11.6 Å². The average Bonchev–Trinajstić information content (AvgIpc) is 2.40. The smallest absolute Gasteiger partial charge is 0.249 e. The van der Waals surface area contributed by atoms with Crippen LogP contribution in [0.25, 0.3) is 0 Å². The van der Waals surface area contributed by atoms with E-state index < -0.39 is 0 Å². The van der Waals surface area contributed by atoms with Crippen molar-refractivity contribution in [1.82, 2.24) is 9.97 Å². The van der Waals surface area contributed by atoms with Crippen molar-refractivity contribution in [3.8, 4) is 17.5 Å². The zero-order chi connectivity index (χ0) is 13.7. The van der Waals surface area contributed by atoms with Gasteiger partial charge in [0.2, 0.25) is 11.8 Å². The third-order valence-corrected chi connectivity index (χ3v) is 2.50. The molecule has 0 aliphatic rings. The van der Waals surface area contributed by atoms with Gasteiger partial charge in [-0.3, -0.25) is 0 Å². The fourth-order valence-corrected chi connectivity index (χ4v) is 1.58. The second-order valence-corrected chi connectivity index (χ2v) is 4.24. The summed E-state index contributed by atoms with van der Waals surface area (Å²) in [7, 11) is 0. The molecule has 0 saturated carbocycles. The topological polar surface area (TPSA) is 70.3 Å². The molecule has 0 fully saturated rings. The van der Waals surface area contributed by atoms with Gasteiger partial charge in [-0.05, 0) is 24.6 Å². The van der Waals surface area contributed by atoms with E-state index in [0.717, 1.165) is 6.42 Å². The molecule has 0 atom stereocenters. The van der Waals surface area contributed by atoms with E-state index in [1.165, 1.54) is 6.33 Å². The van der Waals surface area contributed by atoms with Crippen molar-refractivity contribution in [2.24, 2.45) is 0 Å². The zero-order valence-electron chi connectivity index (χ0n) is 10.5. The average molecular weight is 280 g/mol. The van der Waals surface area contributed by atoms with Crippen LogP contribution in [0.3, 0.4) is 0 Å². The number of rotatable bonds is 5. The van der Waals surface area contributed by atoms with Crippen LogP contribution in [0.5, 0.6) is 17.5 Å². The molecule has 0 bridgehead atoms. The molecule has 2 aromatic rings. The Morgan fingerprint density at radius 3 is 2.79 bits per heavy atom. The van der Waals surface area contributed by atoms with Gasteiger partial charge >= 0.3 is 0 Å². The Balaban J connectivity index is 2.20. The molecule has 0 unspecified atom stereocenters. The lowest BCUT2D eigenvalue weighted by molar-refractivity contribution is 0.304. The first-order valence-electron chi connectivity index (χ1n) is 5.87. The third kappa shape index (κ3) is 3.48. The molecule has 1 aromatic heterocycles. The summed E-state index contributed by atoms with van der Waals surface area (Å²) in [6.45, 7) is 2.54. The number of halogens is 1. The Bertz CT molecular complexity index is 563. The van der Waals surface area contributed by atoms with Crippen molar-refractivity contribution < 1.29 is 9.47 Å². The van der Waals surface area contributed by atoms with Crippen LogP contribution in [-0.2, 0) is 0 Å². The molecule has 0 saturated heterocycles. The molecule has 1 heterocycles. The molecule has 0 aliphatic heterocycles. The van der Waals surface area contributed by atoms with Crippen molar-refractivity contribution in [2.45, 2.75) is 13.3 Å². The van der Waals surface area contributed by atoms with Crippen molar-refractivity contribution in [1.29, 1.82) is 0 Å². The minimum atomic E-state index is 0.253. The summed E-state index contributed by atoms with van der Waals surface area (Å²) in [5.41, 5.74) is 6.18. The van der Waals surface area contributed by atoms with Crippen LogP contribution in [-0.4, -0.2) is 16.6 Å². The maximum Gasteiger partial charge on any atom is 0.249 e. The van der Waals surface area contributed by atoms with E-state index >= 15 is 0 Å². The number of nitrogens with zero attached hydrogens (tertiary/aromatic N) is 2. The molecule has 0 radical (unpaired) electrons. The minimum Gasteiger partial charge on any atom is -0.476 e. The van der Waals surface area contributed by atoms with Crippen molar-refractivity contribution in [3.63, 3.8) is 0 Å². The zero-order valence-corrected chi connectivity index (χ0v) is 11.2. The first-order valence-corrected chi connectivity index (χ1v) is 6.25. The maximum absolute atomic E-state index is 5.90. The predicted molar refractivity (Wildman–Crippen MR) is 73.8 cm³/mol. The highest BCUT2D eigenvalue weighted by atomic mass is 35.5. The van der Waals surface area contributed by atoms with Crippen molar-refractivity contribution in [3.05, 3.63) is 35.6 Å². The van der Waals surface area contributed by atoms with E-state index in [4.69, 9.17) is 26.8 Å². The number of hydrogen-bond acceptors (Lipinski definition) is 5. The monoisotopic (exact) mass is 279 g/mol. The van der Waals surface area contributed by atoms with Gasteiger partial charge in [-0.15, -0.1) is 0 Å². The highest BCUT2D eigenvalue weighted by Crippen LogP contribution is 2.31. The molecular formula is C13H14ClN3O2. The largest absolute Gasteiger partial charge is 0.476 e. The van der Waals surface area contributed by atoms with E-state index in [0.29, 0.717) is 23.3 Å². The lowest BCUT2D eigenvalue weighted by Gasteiger charge is -2.10. The Hall–Kier alpha value is -2.01. The fourth-order valence-electron chi connectivity index (χ4n) is 1.40. The van der Waals surface area contributed by atoms with Gasteiger partial charge in [-0.2, -0.15) is 9.97 Å². The molecule has 0 spiro atoms.